The highest BCUT2D eigenvalue weighted by Gasteiger charge is 2.21. The van der Waals surface area contributed by atoms with E-state index in [-0.39, 0.29) is 17.7 Å². The number of methoxy groups -OCH3 is 1. The number of halogens is 1. The van der Waals surface area contributed by atoms with Crippen LogP contribution in [0.15, 0.2) is 59.7 Å². The number of anilines is 1. The summed E-state index contributed by atoms with van der Waals surface area (Å²) >= 11 is 1.08. The van der Waals surface area contributed by atoms with E-state index < -0.39 is 17.7 Å². The van der Waals surface area contributed by atoms with Gasteiger partial charge in [0.2, 0.25) is 0 Å². The van der Waals surface area contributed by atoms with Gasteiger partial charge in [-0.3, -0.25) is 14.2 Å². The Bertz CT molecular complexity index is 1410. The van der Waals surface area contributed by atoms with Crippen LogP contribution >= 0.6 is 11.3 Å². The molecule has 0 aliphatic heterocycles. The number of ether oxygens (including phenoxy) is 1. The van der Waals surface area contributed by atoms with E-state index in [9.17, 15) is 18.8 Å². The second-order valence-electron chi connectivity index (χ2n) is 7.00. The maximum absolute atomic E-state index is 14.0. The van der Waals surface area contributed by atoms with Crippen LogP contribution in [0, 0.1) is 12.7 Å². The summed E-state index contributed by atoms with van der Waals surface area (Å²) in [4.78, 5) is 43.0. The Morgan fingerprint density at radius 1 is 1.16 bits per heavy atom. The third-order valence-electron chi connectivity index (χ3n) is 5.00. The maximum Gasteiger partial charge on any atom is 0.339 e. The molecule has 2 aromatic carbocycles. The van der Waals surface area contributed by atoms with Crippen molar-refractivity contribution in [3.05, 3.63) is 92.6 Å². The monoisotopic (exact) mass is 451 g/mol. The zero-order valence-electron chi connectivity index (χ0n) is 17.2. The van der Waals surface area contributed by atoms with Crippen LogP contribution in [0.2, 0.25) is 0 Å². The molecule has 162 valence electrons. The number of esters is 1. The Morgan fingerprint density at radius 3 is 2.62 bits per heavy atom. The lowest BCUT2D eigenvalue weighted by atomic mass is 10.1. The number of thiophene rings is 1. The molecule has 0 aliphatic carbocycles. The fraction of sp³-hybridized carbons (Fsp3) is 0.130. The van der Waals surface area contributed by atoms with Crippen molar-refractivity contribution in [3.8, 4) is 0 Å². The highest BCUT2D eigenvalue weighted by molar-refractivity contribution is 7.20. The Kier molecular flexibility index (Phi) is 5.83. The first kappa shape index (κ1) is 21.4. The first-order valence-electron chi connectivity index (χ1n) is 9.61. The third-order valence-corrected chi connectivity index (χ3v) is 6.20. The molecule has 9 heteroatoms. The molecule has 1 amide bonds. The van der Waals surface area contributed by atoms with Gasteiger partial charge >= 0.3 is 5.97 Å². The van der Waals surface area contributed by atoms with Gasteiger partial charge in [-0.25, -0.2) is 14.2 Å². The smallest absolute Gasteiger partial charge is 0.339 e. The minimum absolute atomic E-state index is 0.0256. The number of hydrogen-bond donors (Lipinski definition) is 1. The molecule has 1 N–H and O–H groups in total. The number of amides is 1. The van der Waals surface area contributed by atoms with Crippen LogP contribution in [0.1, 0.15) is 31.2 Å². The number of para-hydroxylation sites is 1. The summed E-state index contributed by atoms with van der Waals surface area (Å²) in [5.41, 5.74) is 0.985. The lowest BCUT2D eigenvalue weighted by Crippen LogP contribution is -2.21. The SMILES string of the molecule is COC(=O)c1ccccc1NC(=O)c1sc2ncn(Cc3ccccc3F)c(=O)c2c1C. The Balaban J connectivity index is 1.70. The largest absolute Gasteiger partial charge is 0.465 e. The molecule has 0 atom stereocenters. The van der Waals surface area contributed by atoms with Gasteiger partial charge in [0.25, 0.3) is 11.5 Å². The van der Waals surface area contributed by atoms with Gasteiger partial charge in [0.15, 0.2) is 0 Å². The topological polar surface area (TPSA) is 90.3 Å². The number of fused-ring (bicyclic) bond motifs is 1. The molecule has 32 heavy (non-hydrogen) atoms. The second-order valence-corrected chi connectivity index (χ2v) is 8.00. The summed E-state index contributed by atoms with van der Waals surface area (Å²) in [7, 11) is 1.26. The van der Waals surface area contributed by atoms with Crippen molar-refractivity contribution < 1.29 is 18.7 Å². The third kappa shape index (κ3) is 3.90. The van der Waals surface area contributed by atoms with Crippen molar-refractivity contribution in [1.29, 1.82) is 0 Å². The number of aromatic nitrogens is 2. The average molecular weight is 451 g/mol. The minimum Gasteiger partial charge on any atom is -0.465 e. The van der Waals surface area contributed by atoms with Crippen molar-refractivity contribution in [2.24, 2.45) is 0 Å². The van der Waals surface area contributed by atoms with Crippen LogP contribution in [0.3, 0.4) is 0 Å². The standard InChI is InChI=1S/C23H18FN3O4S/c1-13-18-21(25-12-27(22(18)29)11-14-7-3-5-9-16(14)24)32-19(13)20(28)26-17-10-6-4-8-15(17)23(30)31-2/h3-10,12H,11H2,1-2H3,(H,26,28). The number of carbonyl (C=O) groups excluding carboxylic acids is 2. The van der Waals surface area contributed by atoms with Crippen LogP contribution < -0.4 is 10.9 Å². The van der Waals surface area contributed by atoms with E-state index in [0.717, 1.165) is 11.3 Å². The molecule has 7 nitrogen and oxygen atoms in total. The number of rotatable bonds is 5. The number of benzene rings is 2. The number of nitrogens with zero attached hydrogens (tertiary/aromatic N) is 2. The van der Waals surface area contributed by atoms with E-state index in [2.05, 4.69) is 10.3 Å². The summed E-state index contributed by atoms with van der Waals surface area (Å²) in [6, 6.07) is 12.7. The molecule has 0 aliphatic rings. The number of nitrogens with one attached hydrogen (secondary N) is 1. The van der Waals surface area contributed by atoms with E-state index in [1.165, 1.54) is 24.1 Å². The van der Waals surface area contributed by atoms with Crippen molar-refractivity contribution in [3.63, 3.8) is 0 Å². The van der Waals surface area contributed by atoms with Gasteiger partial charge < -0.3 is 10.1 Å². The van der Waals surface area contributed by atoms with E-state index in [0.29, 0.717) is 31.9 Å². The Morgan fingerprint density at radius 2 is 1.88 bits per heavy atom. The predicted octanol–water partition coefficient (Wildman–Crippen LogP) is 3.99. The molecule has 2 heterocycles. The fourth-order valence-electron chi connectivity index (χ4n) is 3.36. The van der Waals surface area contributed by atoms with E-state index >= 15 is 0 Å². The first-order chi connectivity index (χ1) is 15.4. The summed E-state index contributed by atoms with van der Waals surface area (Å²) in [6.45, 7) is 1.69. The van der Waals surface area contributed by atoms with Crippen LogP contribution in [0.5, 0.6) is 0 Å². The Labute approximate surface area is 186 Å². The van der Waals surface area contributed by atoms with E-state index in [4.69, 9.17) is 4.74 Å². The Hall–Kier alpha value is -3.85. The van der Waals surface area contributed by atoms with Gasteiger partial charge in [-0.1, -0.05) is 30.3 Å². The minimum atomic E-state index is -0.577. The normalized spacial score (nSPS) is 10.8. The average Bonchev–Trinajstić information content (AvgIpc) is 3.14. The van der Waals surface area contributed by atoms with Crippen molar-refractivity contribution in [1.82, 2.24) is 9.55 Å². The highest BCUT2D eigenvalue weighted by Crippen LogP contribution is 2.28. The molecule has 0 radical (unpaired) electrons. The fourth-order valence-corrected chi connectivity index (χ4v) is 4.39. The van der Waals surface area contributed by atoms with E-state index in [1.54, 1.807) is 49.4 Å². The molecule has 0 bridgehead atoms. The quantitative estimate of drug-likeness (QED) is 0.464. The molecule has 0 fully saturated rings. The van der Waals surface area contributed by atoms with Crippen LogP contribution in [0.25, 0.3) is 10.2 Å². The van der Waals surface area contributed by atoms with Crippen LogP contribution in [0.4, 0.5) is 10.1 Å². The molecular formula is C23H18FN3O4S. The van der Waals surface area contributed by atoms with Crippen LogP contribution in [-0.2, 0) is 11.3 Å². The summed E-state index contributed by atoms with van der Waals surface area (Å²) in [6.07, 6.45) is 1.35. The maximum atomic E-state index is 14.0. The molecule has 0 spiro atoms. The molecule has 4 rings (SSSR count). The van der Waals surface area contributed by atoms with Crippen molar-refractivity contribution in [2.75, 3.05) is 12.4 Å². The van der Waals surface area contributed by atoms with Gasteiger partial charge in [-0.2, -0.15) is 0 Å². The molecule has 0 saturated carbocycles. The number of carbonyl (C=O) groups is 2. The van der Waals surface area contributed by atoms with Crippen LogP contribution in [-0.4, -0.2) is 28.5 Å². The summed E-state index contributed by atoms with van der Waals surface area (Å²) < 4.78 is 20.1. The van der Waals surface area contributed by atoms with Gasteiger partial charge in [0.1, 0.15) is 10.6 Å². The molecule has 2 aromatic heterocycles. The van der Waals surface area contributed by atoms with Gasteiger partial charge in [0, 0.05) is 5.56 Å². The number of aryl methyl sites for hydroxylation is 1. The zero-order chi connectivity index (χ0) is 22.8. The van der Waals surface area contributed by atoms with Gasteiger partial charge in [0.05, 0.1) is 41.5 Å². The van der Waals surface area contributed by atoms with Crippen molar-refractivity contribution in [2.45, 2.75) is 13.5 Å². The van der Waals surface area contributed by atoms with Gasteiger partial charge in [-0.15, -0.1) is 11.3 Å². The number of hydrogen-bond acceptors (Lipinski definition) is 6. The van der Waals surface area contributed by atoms with E-state index in [1.807, 2.05) is 0 Å². The molecule has 4 aromatic rings. The van der Waals surface area contributed by atoms with Crippen molar-refractivity contribution >= 4 is 39.1 Å². The first-order valence-corrected chi connectivity index (χ1v) is 10.4. The molecule has 0 unspecified atom stereocenters. The zero-order valence-corrected chi connectivity index (χ0v) is 18.0. The molecule has 0 saturated heterocycles. The van der Waals surface area contributed by atoms with Gasteiger partial charge in [-0.05, 0) is 30.7 Å². The predicted molar refractivity (Wildman–Crippen MR) is 120 cm³/mol. The second kappa shape index (κ2) is 8.72. The lowest BCUT2D eigenvalue weighted by molar-refractivity contribution is 0.0602. The molecular weight excluding hydrogens is 433 g/mol. The highest BCUT2D eigenvalue weighted by atomic mass is 32.1. The summed E-state index contributed by atoms with van der Waals surface area (Å²) in [5.74, 6) is -1.46. The summed E-state index contributed by atoms with van der Waals surface area (Å²) in [5, 5.41) is 3.02. The lowest BCUT2D eigenvalue weighted by Gasteiger charge is -2.09.